The molecular weight excluding hydrogens is 392 g/mol. The number of likely N-dealkylation sites (tertiary alicyclic amines) is 1. The lowest BCUT2D eigenvalue weighted by Gasteiger charge is -2.31. The van der Waals surface area contributed by atoms with Gasteiger partial charge in [0.15, 0.2) is 6.61 Å². The molecule has 0 aliphatic carbocycles. The molecule has 0 radical (unpaired) electrons. The molecule has 0 bridgehead atoms. The zero-order chi connectivity index (χ0) is 20.6. The molecule has 1 saturated heterocycles. The molecule has 1 heterocycles. The molecule has 1 N–H and O–H groups in total. The maximum Gasteiger partial charge on any atom is 0.310 e. The number of esters is 1. The van der Waals surface area contributed by atoms with Crippen LogP contribution in [-0.2, 0) is 25.5 Å². The van der Waals surface area contributed by atoms with Gasteiger partial charge in [-0.05, 0) is 42.7 Å². The van der Waals surface area contributed by atoms with Crippen LogP contribution in [0, 0.1) is 5.92 Å². The maximum absolute atomic E-state index is 12.4. The van der Waals surface area contributed by atoms with Gasteiger partial charge in [0, 0.05) is 29.7 Å². The number of piperidine rings is 1. The lowest BCUT2D eigenvalue weighted by atomic mass is 9.95. The topological polar surface area (TPSA) is 75.7 Å². The smallest absolute Gasteiger partial charge is 0.310 e. The summed E-state index contributed by atoms with van der Waals surface area (Å²) >= 11 is 5.82. The largest absolute Gasteiger partial charge is 0.455 e. The van der Waals surface area contributed by atoms with E-state index < -0.39 is 5.97 Å². The summed E-state index contributed by atoms with van der Waals surface area (Å²) < 4.78 is 5.10. The minimum Gasteiger partial charge on any atom is -0.455 e. The maximum atomic E-state index is 12.4. The second kappa shape index (κ2) is 10.1. The molecule has 1 aliphatic rings. The van der Waals surface area contributed by atoms with E-state index >= 15 is 0 Å². The Morgan fingerprint density at radius 1 is 1.00 bits per heavy atom. The van der Waals surface area contributed by atoms with E-state index in [4.69, 9.17) is 16.3 Å². The fourth-order valence-electron chi connectivity index (χ4n) is 3.21. The van der Waals surface area contributed by atoms with Gasteiger partial charge in [-0.25, -0.2) is 0 Å². The van der Waals surface area contributed by atoms with Crippen LogP contribution in [0.1, 0.15) is 18.4 Å². The van der Waals surface area contributed by atoms with Gasteiger partial charge >= 0.3 is 5.97 Å². The minimum atomic E-state index is -0.460. The monoisotopic (exact) mass is 414 g/mol. The molecule has 152 valence electrons. The van der Waals surface area contributed by atoms with E-state index in [9.17, 15) is 14.4 Å². The van der Waals surface area contributed by atoms with Crippen LogP contribution in [0.15, 0.2) is 54.6 Å². The Bertz CT molecular complexity index is 847. The van der Waals surface area contributed by atoms with Crippen molar-refractivity contribution in [2.45, 2.75) is 19.3 Å². The lowest BCUT2D eigenvalue weighted by molar-refractivity contribution is -0.152. The highest BCUT2D eigenvalue weighted by Gasteiger charge is 2.27. The van der Waals surface area contributed by atoms with Gasteiger partial charge in [0.25, 0.3) is 5.91 Å². The van der Waals surface area contributed by atoms with E-state index in [1.54, 1.807) is 29.2 Å². The molecule has 29 heavy (non-hydrogen) atoms. The van der Waals surface area contributed by atoms with Crippen LogP contribution in [0.2, 0.25) is 5.02 Å². The molecule has 7 heteroatoms. The SMILES string of the molecule is O=C(Cc1ccc(Cl)cc1)OCC(=O)N1CCC(C(=O)Nc2ccccc2)CC1. The first kappa shape index (κ1) is 20.9. The predicted molar refractivity (Wildman–Crippen MR) is 110 cm³/mol. The lowest BCUT2D eigenvalue weighted by Crippen LogP contribution is -2.43. The number of carbonyl (C=O) groups is 3. The van der Waals surface area contributed by atoms with Crippen molar-refractivity contribution in [3.8, 4) is 0 Å². The summed E-state index contributed by atoms with van der Waals surface area (Å²) in [6, 6.07) is 16.2. The zero-order valence-corrected chi connectivity index (χ0v) is 16.7. The quantitative estimate of drug-likeness (QED) is 0.736. The second-order valence-electron chi connectivity index (χ2n) is 6.97. The fourth-order valence-corrected chi connectivity index (χ4v) is 3.34. The minimum absolute atomic E-state index is 0.0299. The molecule has 2 aromatic carbocycles. The number of benzene rings is 2. The van der Waals surface area contributed by atoms with Gasteiger partial charge in [0.05, 0.1) is 6.42 Å². The van der Waals surface area contributed by atoms with E-state index in [-0.39, 0.29) is 30.8 Å². The predicted octanol–water partition coefficient (Wildman–Crippen LogP) is 3.30. The highest BCUT2D eigenvalue weighted by molar-refractivity contribution is 6.30. The van der Waals surface area contributed by atoms with Crippen LogP contribution in [0.25, 0.3) is 0 Å². The number of hydrogen-bond donors (Lipinski definition) is 1. The third-order valence-electron chi connectivity index (χ3n) is 4.88. The molecule has 1 fully saturated rings. The van der Waals surface area contributed by atoms with Crippen LogP contribution in [0.3, 0.4) is 0 Å². The summed E-state index contributed by atoms with van der Waals surface area (Å²) in [6.45, 7) is 0.661. The molecule has 0 saturated carbocycles. The zero-order valence-electron chi connectivity index (χ0n) is 16.0. The van der Waals surface area contributed by atoms with E-state index in [2.05, 4.69) is 5.32 Å². The molecule has 1 aliphatic heterocycles. The van der Waals surface area contributed by atoms with Crippen molar-refractivity contribution in [3.05, 3.63) is 65.2 Å². The molecule has 0 aromatic heterocycles. The van der Waals surface area contributed by atoms with Crippen molar-refractivity contribution in [2.24, 2.45) is 5.92 Å². The van der Waals surface area contributed by atoms with E-state index in [0.29, 0.717) is 31.0 Å². The summed E-state index contributed by atoms with van der Waals surface area (Å²) in [4.78, 5) is 38.2. The van der Waals surface area contributed by atoms with Crippen molar-refractivity contribution in [2.75, 3.05) is 25.0 Å². The number of rotatable bonds is 6. The van der Waals surface area contributed by atoms with Crippen LogP contribution >= 0.6 is 11.6 Å². The van der Waals surface area contributed by atoms with Gasteiger partial charge in [-0.1, -0.05) is 41.9 Å². The summed E-state index contributed by atoms with van der Waals surface area (Å²) in [7, 11) is 0. The average Bonchev–Trinajstić information content (AvgIpc) is 2.74. The van der Waals surface area contributed by atoms with Crippen LogP contribution in [-0.4, -0.2) is 42.4 Å². The summed E-state index contributed by atoms with van der Waals surface area (Å²) in [5.41, 5.74) is 1.54. The summed E-state index contributed by atoms with van der Waals surface area (Å²) in [5.74, 6) is -0.862. The fraction of sp³-hybridized carbons (Fsp3) is 0.318. The number of nitrogens with zero attached hydrogens (tertiary/aromatic N) is 1. The van der Waals surface area contributed by atoms with Crippen molar-refractivity contribution < 1.29 is 19.1 Å². The molecular formula is C22H23ClN2O4. The Hall–Kier alpha value is -2.86. The Balaban J connectivity index is 1.38. The van der Waals surface area contributed by atoms with Crippen molar-refractivity contribution in [1.29, 1.82) is 0 Å². The molecule has 0 atom stereocenters. The Morgan fingerprint density at radius 2 is 1.66 bits per heavy atom. The highest BCUT2D eigenvalue weighted by atomic mass is 35.5. The highest BCUT2D eigenvalue weighted by Crippen LogP contribution is 2.20. The summed E-state index contributed by atoms with van der Waals surface area (Å²) in [5, 5.41) is 3.50. The average molecular weight is 415 g/mol. The number of hydrogen-bond acceptors (Lipinski definition) is 4. The number of para-hydroxylation sites is 1. The summed E-state index contributed by atoms with van der Waals surface area (Å²) in [6.07, 6.45) is 1.26. The van der Waals surface area contributed by atoms with Gasteiger partial charge in [0.2, 0.25) is 5.91 Å². The number of amides is 2. The number of carbonyl (C=O) groups excluding carboxylic acids is 3. The third-order valence-corrected chi connectivity index (χ3v) is 5.13. The third kappa shape index (κ3) is 6.32. The molecule has 0 unspecified atom stereocenters. The first-order valence-electron chi connectivity index (χ1n) is 9.55. The van der Waals surface area contributed by atoms with Gasteiger partial charge in [0.1, 0.15) is 0 Å². The van der Waals surface area contributed by atoms with Crippen molar-refractivity contribution >= 4 is 35.1 Å². The Morgan fingerprint density at radius 3 is 2.31 bits per heavy atom. The molecule has 2 amide bonds. The number of halogens is 1. The molecule has 2 aromatic rings. The molecule has 3 rings (SSSR count). The Labute approximate surface area is 174 Å². The van der Waals surface area contributed by atoms with Crippen molar-refractivity contribution in [3.63, 3.8) is 0 Å². The van der Waals surface area contributed by atoms with Gasteiger partial charge in [-0.15, -0.1) is 0 Å². The van der Waals surface area contributed by atoms with Gasteiger partial charge in [-0.2, -0.15) is 0 Å². The van der Waals surface area contributed by atoms with Crippen LogP contribution in [0.4, 0.5) is 5.69 Å². The van der Waals surface area contributed by atoms with E-state index in [1.165, 1.54) is 0 Å². The van der Waals surface area contributed by atoms with Gasteiger partial charge < -0.3 is 15.0 Å². The van der Waals surface area contributed by atoms with Gasteiger partial charge in [-0.3, -0.25) is 14.4 Å². The molecule has 0 spiro atoms. The van der Waals surface area contributed by atoms with Crippen LogP contribution < -0.4 is 5.32 Å². The number of nitrogens with one attached hydrogen (secondary N) is 1. The van der Waals surface area contributed by atoms with E-state index in [1.807, 2.05) is 30.3 Å². The van der Waals surface area contributed by atoms with Crippen LogP contribution in [0.5, 0.6) is 0 Å². The number of anilines is 1. The van der Waals surface area contributed by atoms with Crippen molar-refractivity contribution in [1.82, 2.24) is 4.90 Å². The Kier molecular flexibility index (Phi) is 7.25. The standard InChI is InChI=1S/C22H23ClN2O4/c23-18-8-6-16(7-9-18)14-21(27)29-15-20(26)25-12-10-17(11-13-25)22(28)24-19-4-2-1-3-5-19/h1-9,17H,10-15H2,(H,24,28). The normalized spacial score (nSPS) is 14.3. The number of ether oxygens (including phenoxy) is 1. The first-order valence-corrected chi connectivity index (χ1v) is 9.93. The second-order valence-corrected chi connectivity index (χ2v) is 7.41. The van der Waals surface area contributed by atoms with E-state index in [0.717, 1.165) is 11.3 Å². The molecule has 6 nitrogen and oxygen atoms in total. The first-order chi connectivity index (χ1) is 14.0.